The molecule has 0 aliphatic carbocycles. The van der Waals surface area contributed by atoms with Gasteiger partial charge in [0.05, 0.1) is 22.9 Å². The van der Waals surface area contributed by atoms with Gasteiger partial charge in [-0.15, -0.1) is 0 Å². The van der Waals surface area contributed by atoms with Crippen LogP contribution in [0.2, 0.25) is 10.0 Å². The number of rotatable bonds is 6. The molecule has 0 aliphatic rings. The number of nitrogens with one attached hydrogen (secondary N) is 2. The molecule has 2 amide bonds. The van der Waals surface area contributed by atoms with Crippen LogP contribution < -0.4 is 10.6 Å². The fraction of sp³-hybridized carbons (Fsp3) is 0.174. The van der Waals surface area contributed by atoms with Crippen LogP contribution in [0.3, 0.4) is 0 Å². The summed E-state index contributed by atoms with van der Waals surface area (Å²) < 4.78 is 1.86. The summed E-state index contributed by atoms with van der Waals surface area (Å²) in [6.45, 7) is 5.79. The molecule has 160 valence electrons. The standard InChI is InChI=1S/C23H22Cl2N4O2/c1-14-19(15(2)29(28-14)13-17-6-4-5-7-20(17)24)9-11-23(31)27-22-12-18(26-16(3)30)8-10-21(22)25/h4-12H,13H2,1-3H3,(H,26,30)(H,27,31)/b11-9+. The molecule has 31 heavy (non-hydrogen) atoms. The van der Waals surface area contributed by atoms with Crippen LogP contribution >= 0.6 is 23.2 Å². The number of nitrogens with zero attached hydrogens (tertiary/aromatic N) is 2. The predicted octanol–water partition coefficient (Wildman–Crippen LogP) is 5.47. The van der Waals surface area contributed by atoms with Crippen molar-refractivity contribution in [2.24, 2.45) is 0 Å². The Labute approximate surface area is 190 Å². The third kappa shape index (κ3) is 5.75. The first-order chi connectivity index (χ1) is 14.7. The van der Waals surface area contributed by atoms with Crippen molar-refractivity contribution in [2.75, 3.05) is 10.6 Å². The third-order valence-electron chi connectivity index (χ3n) is 4.66. The Morgan fingerprint density at radius 2 is 1.81 bits per heavy atom. The Morgan fingerprint density at radius 1 is 1.06 bits per heavy atom. The average molecular weight is 457 g/mol. The molecule has 0 saturated heterocycles. The van der Waals surface area contributed by atoms with E-state index >= 15 is 0 Å². The lowest BCUT2D eigenvalue weighted by molar-refractivity contribution is -0.114. The highest BCUT2D eigenvalue weighted by atomic mass is 35.5. The first kappa shape index (κ1) is 22.6. The monoisotopic (exact) mass is 456 g/mol. The van der Waals surface area contributed by atoms with Gasteiger partial charge in [-0.05, 0) is 49.8 Å². The molecule has 0 fully saturated rings. The van der Waals surface area contributed by atoms with E-state index in [2.05, 4.69) is 15.7 Å². The fourth-order valence-corrected chi connectivity index (χ4v) is 3.49. The smallest absolute Gasteiger partial charge is 0.248 e. The van der Waals surface area contributed by atoms with Crippen molar-refractivity contribution in [3.63, 3.8) is 0 Å². The molecule has 0 bridgehead atoms. The second-order valence-corrected chi connectivity index (χ2v) is 7.85. The second kappa shape index (κ2) is 9.81. The Kier molecular flexibility index (Phi) is 7.15. The largest absolute Gasteiger partial charge is 0.326 e. The normalized spacial score (nSPS) is 11.0. The molecular formula is C23H22Cl2N4O2. The van der Waals surface area contributed by atoms with E-state index in [0.29, 0.717) is 28.0 Å². The molecule has 8 heteroatoms. The van der Waals surface area contributed by atoms with Gasteiger partial charge < -0.3 is 10.6 Å². The fourth-order valence-electron chi connectivity index (χ4n) is 3.13. The molecule has 0 spiro atoms. The molecule has 2 aromatic carbocycles. The molecule has 0 unspecified atom stereocenters. The highest BCUT2D eigenvalue weighted by Crippen LogP contribution is 2.26. The number of aryl methyl sites for hydroxylation is 1. The van der Waals surface area contributed by atoms with Crippen LogP contribution in [0.15, 0.2) is 48.5 Å². The Bertz CT molecular complexity index is 1170. The summed E-state index contributed by atoms with van der Waals surface area (Å²) in [5.41, 5.74) is 4.51. The van der Waals surface area contributed by atoms with E-state index in [1.807, 2.05) is 42.8 Å². The van der Waals surface area contributed by atoms with Crippen molar-refractivity contribution < 1.29 is 9.59 Å². The van der Waals surface area contributed by atoms with Crippen molar-refractivity contribution in [3.8, 4) is 0 Å². The topological polar surface area (TPSA) is 76.0 Å². The van der Waals surface area contributed by atoms with Crippen LogP contribution in [-0.4, -0.2) is 21.6 Å². The van der Waals surface area contributed by atoms with Gasteiger partial charge >= 0.3 is 0 Å². The molecule has 3 rings (SSSR count). The highest BCUT2D eigenvalue weighted by molar-refractivity contribution is 6.34. The summed E-state index contributed by atoms with van der Waals surface area (Å²) in [6.07, 6.45) is 3.15. The maximum atomic E-state index is 12.4. The van der Waals surface area contributed by atoms with E-state index in [-0.39, 0.29) is 11.8 Å². The quantitative estimate of drug-likeness (QED) is 0.483. The number of halogens is 2. The van der Waals surface area contributed by atoms with Crippen molar-refractivity contribution >= 4 is 52.5 Å². The second-order valence-electron chi connectivity index (χ2n) is 7.03. The van der Waals surface area contributed by atoms with Gasteiger partial charge in [-0.1, -0.05) is 41.4 Å². The van der Waals surface area contributed by atoms with E-state index in [9.17, 15) is 9.59 Å². The molecule has 1 aromatic heterocycles. The SMILES string of the molecule is CC(=O)Nc1ccc(Cl)c(NC(=O)/C=C/c2c(C)nn(Cc3ccccc3Cl)c2C)c1. The van der Waals surface area contributed by atoms with Crippen molar-refractivity contribution in [2.45, 2.75) is 27.3 Å². The van der Waals surface area contributed by atoms with Crippen LogP contribution in [-0.2, 0) is 16.1 Å². The number of anilines is 2. The van der Waals surface area contributed by atoms with Gasteiger partial charge in [0.2, 0.25) is 11.8 Å². The van der Waals surface area contributed by atoms with Gasteiger partial charge in [0, 0.05) is 35.0 Å². The summed E-state index contributed by atoms with van der Waals surface area (Å²) >= 11 is 12.4. The number of amides is 2. The van der Waals surface area contributed by atoms with Gasteiger partial charge in [0.15, 0.2) is 0 Å². The summed E-state index contributed by atoms with van der Waals surface area (Å²) in [4.78, 5) is 23.7. The third-order valence-corrected chi connectivity index (χ3v) is 5.36. The van der Waals surface area contributed by atoms with Crippen molar-refractivity contribution in [1.82, 2.24) is 9.78 Å². The molecule has 0 saturated carbocycles. The van der Waals surface area contributed by atoms with E-state index in [1.165, 1.54) is 13.0 Å². The number of carbonyl (C=O) groups is 2. The number of hydrogen-bond acceptors (Lipinski definition) is 3. The van der Waals surface area contributed by atoms with Crippen LogP contribution in [0.4, 0.5) is 11.4 Å². The minimum absolute atomic E-state index is 0.209. The van der Waals surface area contributed by atoms with Crippen LogP contribution in [0.5, 0.6) is 0 Å². The number of aromatic nitrogens is 2. The minimum atomic E-state index is -0.348. The number of carbonyl (C=O) groups excluding carboxylic acids is 2. The summed E-state index contributed by atoms with van der Waals surface area (Å²) in [6, 6.07) is 12.5. The summed E-state index contributed by atoms with van der Waals surface area (Å²) in [5, 5.41) is 11.0. The van der Waals surface area contributed by atoms with E-state index in [0.717, 1.165) is 22.5 Å². The predicted molar refractivity (Wildman–Crippen MR) is 126 cm³/mol. The van der Waals surface area contributed by atoms with Crippen LogP contribution in [0.25, 0.3) is 6.08 Å². The number of benzene rings is 2. The molecule has 3 aromatic rings. The molecule has 0 aliphatic heterocycles. The molecular weight excluding hydrogens is 435 g/mol. The minimum Gasteiger partial charge on any atom is -0.326 e. The molecule has 0 radical (unpaired) electrons. The maximum absolute atomic E-state index is 12.4. The van der Waals surface area contributed by atoms with E-state index in [4.69, 9.17) is 23.2 Å². The Morgan fingerprint density at radius 3 is 2.52 bits per heavy atom. The molecule has 0 atom stereocenters. The maximum Gasteiger partial charge on any atom is 0.248 e. The lowest BCUT2D eigenvalue weighted by Crippen LogP contribution is -2.10. The molecule has 2 N–H and O–H groups in total. The number of hydrogen-bond donors (Lipinski definition) is 2. The zero-order chi connectivity index (χ0) is 22.5. The van der Waals surface area contributed by atoms with Gasteiger partial charge in [0.1, 0.15) is 0 Å². The van der Waals surface area contributed by atoms with E-state index < -0.39 is 0 Å². The zero-order valence-electron chi connectivity index (χ0n) is 17.4. The van der Waals surface area contributed by atoms with Crippen molar-refractivity contribution in [1.29, 1.82) is 0 Å². The van der Waals surface area contributed by atoms with Gasteiger partial charge in [-0.25, -0.2) is 0 Å². The lowest BCUT2D eigenvalue weighted by Gasteiger charge is -2.08. The molecule has 1 heterocycles. The van der Waals surface area contributed by atoms with Crippen molar-refractivity contribution in [3.05, 3.63) is 81.1 Å². The van der Waals surface area contributed by atoms with E-state index in [1.54, 1.807) is 24.3 Å². The van der Waals surface area contributed by atoms with Gasteiger partial charge in [0.25, 0.3) is 0 Å². The first-order valence-electron chi connectivity index (χ1n) is 9.58. The van der Waals surface area contributed by atoms with Crippen LogP contribution in [0.1, 0.15) is 29.4 Å². The highest BCUT2D eigenvalue weighted by Gasteiger charge is 2.12. The average Bonchev–Trinajstić information content (AvgIpc) is 2.97. The lowest BCUT2D eigenvalue weighted by atomic mass is 10.1. The Hall–Kier alpha value is -3.09. The zero-order valence-corrected chi connectivity index (χ0v) is 18.9. The first-order valence-corrected chi connectivity index (χ1v) is 10.3. The van der Waals surface area contributed by atoms with Gasteiger partial charge in [-0.2, -0.15) is 5.10 Å². The van der Waals surface area contributed by atoms with Gasteiger partial charge in [-0.3, -0.25) is 14.3 Å². The van der Waals surface area contributed by atoms with Crippen LogP contribution in [0, 0.1) is 13.8 Å². The summed E-state index contributed by atoms with van der Waals surface area (Å²) in [5.74, 6) is -0.557. The Balaban J connectivity index is 1.75. The molecule has 6 nitrogen and oxygen atoms in total. The summed E-state index contributed by atoms with van der Waals surface area (Å²) in [7, 11) is 0.